The molecular weight excluding hydrogens is 416 g/mol. The van der Waals surface area contributed by atoms with Crippen molar-refractivity contribution in [2.45, 2.75) is 145 Å². The van der Waals surface area contributed by atoms with E-state index < -0.39 is 17.6 Å². The molecule has 0 aliphatic carbocycles. The summed E-state index contributed by atoms with van der Waals surface area (Å²) in [7, 11) is -5.57. The Labute approximate surface area is 189 Å². The van der Waals surface area contributed by atoms with Gasteiger partial charge in [-0.05, 0) is 95.9 Å². The van der Waals surface area contributed by atoms with Gasteiger partial charge in [-0.2, -0.15) is 0 Å². The third kappa shape index (κ3) is 13.6. The van der Waals surface area contributed by atoms with Crippen molar-refractivity contribution in [3.05, 3.63) is 0 Å². The molecule has 0 fully saturated rings. The first-order chi connectivity index (χ1) is 13.7. The Kier molecular flexibility index (Phi) is 14.5. The minimum atomic E-state index is -2.78. The lowest BCUT2D eigenvalue weighted by Crippen LogP contribution is -2.51. The van der Waals surface area contributed by atoms with E-state index in [4.69, 9.17) is 26.6 Å². The van der Waals surface area contributed by atoms with Crippen molar-refractivity contribution in [3.63, 3.8) is 0 Å². The fourth-order valence-corrected chi connectivity index (χ4v) is 10.1. The zero-order valence-electron chi connectivity index (χ0n) is 21.7. The van der Waals surface area contributed by atoms with E-state index in [0.717, 1.165) is 24.9 Å². The van der Waals surface area contributed by atoms with Crippen molar-refractivity contribution >= 4 is 17.6 Å². The summed E-state index contributed by atoms with van der Waals surface area (Å²) in [5.74, 6) is 0. The zero-order chi connectivity index (χ0) is 23.5. The molecule has 0 aromatic rings. The van der Waals surface area contributed by atoms with Crippen LogP contribution in [0.3, 0.4) is 0 Å². The SMILES string of the molecule is CC(C)O[Si](CCCC[Si](OC(C)C)(OC(C)C)OC(C)C)(OC(C)C)OC(C)C. The first-order valence-electron chi connectivity index (χ1n) is 11.8. The van der Waals surface area contributed by atoms with Crippen LogP contribution in [0.15, 0.2) is 0 Å². The van der Waals surface area contributed by atoms with Crippen LogP contribution in [0.1, 0.15) is 95.9 Å². The van der Waals surface area contributed by atoms with Gasteiger partial charge in [-0.15, -0.1) is 0 Å². The van der Waals surface area contributed by atoms with Gasteiger partial charge in [0.2, 0.25) is 0 Å². The first kappa shape index (κ1) is 30.2. The van der Waals surface area contributed by atoms with Gasteiger partial charge in [0, 0.05) is 48.7 Å². The average molecular weight is 467 g/mol. The van der Waals surface area contributed by atoms with Crippen LogP contribution in [0.4, 0.5) is 0 Å². The molecule has 0 bridgehead atoms. The molecular formula is C22H50O6Si2. The molecule has 30 heavy (non-hydrogen) atoms. The van der Waals surface area contributed by atoms with Gasteiger partial charge >= 0.3 is 17.6 Å². The van der Waals surface area contributed by atoms with Gasteiger partial charge in [0.05, 0.1) is 0 Å². The summed E-state index contributed by atoms with van der Waals surface area (Å²) < 4.78 is 37.8. The maximum atomic E-state index is 6.30. The van der Waals surface area contributed by atoms with Gasteiger partial charge in [0.15, 0.2) is 0 Å². The molecule has 0 spiro atoms. The van der Waals surface area contributed by atoms with Crippen LogP contribution in [0.25, 0.3) is 0 Å². The second-order valence-electron chi connectivity index (χ2n) is 9.57. The molecule has 0 unspecified atom stereocenters. The van der Waals surface area contributed by atoms with Crippen LogP contribution in [0.5, 0.6) is 0 Å². The fourth-order valence-electron chi connectivity index (χ4n) is 3.36. The molecule has 0 amide bonds. The predicted octanol–water partition coefficient (Wildman–Crippen LogP) is 6.19. The summed E-state index contributed by atoms with van der Waals surface area (Å²) in [5, 5.41) is 0. The Hall–Kier alpha value is 0.194. The Morgan fingerprint density at radius 1 is 0.367 bits per heavy atom. The van der Waals surface area contributed by atoms with Gasteiger partial charge in [0.25, 0.3) is 0 Å². The molecule has 0 atom stereocenters. The topological polar surface area (TPSA) is 55.4 Å². The second kappa shape index (κ2) is 14.4. The van der Waals surface area contributed by atoms with E-state index in [1.807, 2.05) is 83.1 Å². The third-order valence-corrected chi connectivity index (χ3v) is 10.6. The molecule has 0 radical (unpaired) electrons. The van der Waals surface area contributed by atoms with Gasteiger partial charge in [0.1, 0.15) is 0 Å². The van der Waals surface area contributed by atoms with Gasteiger partial charge < -0.3 is 26.6 Å². The Bertz CT molecular complexity index is 348. The smallest absolute Gasteiger partial charge is 0.371 e. The maximum absolute atomic E-state index is 6.30. The van der Waals surface area contributed by atoms with Crippen LogP contribution < -0.4 is 0 Å². The van der Waals surface area contributed by atoms with Crippen molar-refractivity contribution in [1.29, 1.82) is 0 Å². The van der Waals surface area contributed by atoms with Crippen molar-refractivity contribution < 1.29 is 26.6 Å². The van der Waals surface area contributed by atoms with Gasteiger partial charge in [-0.1, -0.05) is 0 Å². The molecule has 8 heteroatoms. The minimum absolute atomic E-state index is 0.0560. The van der Waals surface area contributed by atoms with E-state index in [1.54, 1.807) is 0 Å². The monoisotopic (exact) mass is 466 g/mol. The van der Waals surface area contributed by atoms with Crippen LogP contribution in [-0.2, 0) is 26.6 Å². The van der Waals surface area contributed by atoms with Crippen LogP contribution >= 0.6 is 0 Å². The second-order valence-corrected chi connectivity index (χ2v) is 14.7. The summed E-state index contributed by atoms with van der Waals surface area (Å²) in [6.45, 7) is 24.5. The summed E-state index contributed by atoms with van der Waals surface area (Å²) in [6, 6.07) is 1.55. The van der Waals surface area contributed by atoms with Crippen molar-refractivity contribution in [2.75, 3.05) is 0 Å². The number of hydrogen-bond acceptors (Lipinski definition) is 6. The highest BCUT2D eigenvalue weighted by Crippen LogP contribution is 2.29. The fraction of sp³-hybridized carbons (Fsp3) is 1.00. The lowest BCUT2D eigenvalue weighted by Gasteiger charge is -2.36. The van der Waals surface area contributed by atoms with Gasteiger partial charge in [-0.25, -0.2) is 0 Å². The van der Waals surface area contributed by atoms with E-state index >= 15 is 0 Å². The van der Waals surface area contributed by atoms with E-state index in [1.165, 1.54) is 0 Å². The number of unbranched alkanes of at least 4 members (excludes halogenated alkanes) is 1. The molecule has 0 aromatic heterocycles. The third-order valence-electron chi connectivity index (χ3n) is 3.71. The largest absolute Gasteiger partial charge is 0.501 e. The number of hydrogen-bond donors (Lipinski definition) is 0. The van der Waals surface area contributed by atoms with Crippen LogP contribution in [-0.4, -0.2) is 54.2 Å². The molecule has 0 aliphatic rings. The summed E-state index contributed by atoms with van der Waals surface area (Å²) in [6.07, 6.45) is 2.16. The van der Waals surface area contributed by atoms with E-state index in [0.29, 0.717) is 0 Å². The van der Waals surface area contributed by atoms with Crippen molar-refractivity contribution in [1.82, 2.24) is 0 Å². The summed E-state index contributed by atoms with van der Waals surface area (Å²) in [5.41, 5.74) is 0. The number of rotatable bonds is 17. The zero-order valence-corrected chi connectivity index (χ0v) is 23.7. The lowest BCUT2D eigenvalue weighted by atomic mass is 10.4. The van der Waals surface area contributed by atoms with Crippen LogP contribution in [0, 0.1) is 0 Å². The molecule has 0 saturated heterocycles. The molecule has 0 saturated carbocycles. The van der Waals surface area contributed by atoms with E-state index in [2.05, 4.69) is 0 Å². The van der Waals surface area contributed by atoms with Crippen molar-refractivity contribution in [3.8, 4) is 0 Å². The molecule has 182 valence electrons. The minimum Gasteiger partial charge on any atom is -0.371 e. The molecule has 0 aromatic carbocycles. The lowest BCUT2D eigenvalue weighted by molar-refractivity contribution is -0.00107. The Balaban J connectivity index is 5.32. The van der Waals surface area contributed by atoms with E-state index in [9.17, 15) is 0 Å². The van der Waals surface area contributed by atoms with E-state index in [-0.39, 0.29) is 36.6 Å². The quantitative estimate of drug-likeness (QED) is 0.188. The van der Waals surface area contributed by atoms with Gasteiger partial charge in [-0.3, -0.25) is 0 Å². The Morgan fingerprint density at radius 3 is 0.667 bits per heavy atom. The normalized spacial score (nSPS) is 13.8. The molecule has 0 heterocycles. The Morgan fingerprint density at radius 2 is 0.533 bits per heavy atom. The summed E-state index contributed by atoms with van der Waals surface area (Å²) >= 11 is 0. The first-order valence-corrected chi connectivity index (χ1v) is 15.6. The summed E-state index contributed by atoms with van der Waals surface area (Å²) in [4.78, 5) is 0. The molecule has 0 N–H and O–H groups in total. The average Bonchev–Trinajstić information content (AvgIpc) is 2.47. The highest BCUT2D eigenvalue weighted by molar-refractivity contribution is 6.61. The predicted molar refractivity (Wildman–Crippen MR) is 128 cm³/mol. The molecule has 6 nitrogen and oxygen atoms in total. The molecule has 0 rings (SSSR count). The molecule has 0 aliphatic heterocycles. The van der Waals surface area contributed by atoms with Crippen LogP contribution in [0.2, 0.25) is 12.1 Å². The highest BCUT2D eigenvalue weighted by atomic mass is 28.4. The van der Waals surface area contributed by atoms with Crippen molar-refractivity contribution in [2.24, 2.45) is 0 Å². The maximum Gasteiger partial charge on any atom is 0.501 e. The highest BCUT2D eigenvalue weighted by Gasteiger charge is 2.46. The standard InChI is InChI=1S/C22H50O6Si2/c1-17(2)23-29(24-18(3)4,25-19(5)6)15-13-14-16-30(26-20(7)8,27-21(9)10)28-22(11)12/h17-22H,13-16H2,1-12H3.